The Morgan fingerprint density at radius 3 is 2.40 bits per heavy atom. The minimum atomic E-state index is -2.40. The number of hydrogen-bond donors (Lipinski definition) is 3. The molecule has 1 fully saturated rings. The van der Waals surface area contributed by atoms with Gasteiger partial charge < -0.3 is 29.9 Å². The molecular formula is C33H39N3O8Si. The number of anilines is 2. The summed E-state index contributed by atoms with van der Waals surface area (Å²) in [5.41, 5.74) is 0.542. The van der Waals surface area contributed by atoms with Gasteiger partial charge in [-0.25, -0.2) is 0 Å². The molecule has 238 valence electrons. The number of fused-ring (bicyclic) bond motifs is 2. The number of nitrogens with one attached hydrogen (secondary N) is 1. The van der Waals surface area contributed by atoms with Crippen LogP contribution >= 0.6 is 0 Å². The van der Waals surface area contributed by atoms with Crippen LogP contribution in [0.5, 0.6) is 5.75 Å². The van der Waals surface area contributed by atoms with E-state index in [1.165, 1.54) is 19.1 Å². The van der Waals surface area contributed by atoms with Crippen LogP contribution < -0.4 is 20.1 Å². The third-order valence-electron chi connectivity index (χ3n) is 9.39. The molecular weight excluding hydrogens is 594 g/mol. The summed E-state index contributed by atoms with van der Waals surface area (Å²) in [5, 5.41) is 35.3. The number of hydrogen-bond acceptors (Lipinski definition) is 8. The summed E-state index contributed by atoms with van der Waals surface area (Å²) in [4.78, 5) is 39.6. The fourth-order valence-electron chi connectivity index (χ4n) is 7.09. The zero-order valence-electron chi connectivity index (χ0n) is 26.0. The molecule has 12 heteroatoms. The second-order valence-corrected chi connectivity index (χ2v) is 17.1. The maximum absolute atomic E-state index is 14.7. The van der Waals surface area contributed by atoms with Crippen molar-refractivity contribution in [1.29, 1.82) is 0 Å². The van der Waals surface area contributed by atoms with Crippen molar-refractivity contribution in [3.8, 4) is 5.75 Å². The van der Waals surface area contributed by atoms with E-state index in [2.05, 4.69) is 18.4 Å². The normalized spacial score (nSPS) is 23.2. The van der Waals surface area contributed by atoms with Crippen LogP contribution in [-0.4, -0.2) is 60.9 Å². The van der Waals surface area contributed by atoms with Gasteiger partial charge in [-0.2, -0.15) is 0 Å². The number of nitro benzene ring substituents is 1. The Balaban J connectivity index is 1.56. The standard InChI is InChI=1S/C33H39N3O8Si/c1-20-30(45(4,5)26-13-11-25(43-3)12-14-26)29(16-17-37)44-33(20)27-18-24(36(41)42)10-15-28(27)35(32(33)40)19-22-6-8-23(9-7-22)34-31(39)21(2)38/h6-15,18,20-21,29-30,37-38H,16-17,19H2,1-5H3,(H,34,39)/t20-,21+,29+,30-,33+/m1/s1. The summed E-state index contributed by atoms with van der Waals surface area (Å²) in [6.07, 6.45) is -1.30. The van der Waals surface area contributed by atoms with Crippen molar-refractivity contribution in [2.24, 2.45) is 5.92 Å². The van der Waals surface area contributed by atoms with Gasteiger partial charge in [0, 0.05) is 35.9 Å². The van der Waals surface area contributed by atoms with Crippen molar-refractivity contribution < 1.29 is 34.2 Å². The van der Waals surface area contributed by atoms with E-state index in [0.29, 0.717) is 23.4 Å². The number of ether oxygens (including phenoxy) is 2. The van der Waals surface area contributed by atoms with Gasteiger partial charge in [-0.05, 0) is 54.8 Å². The summed E-state index contributed by atoms with van der Waals surface area (Å²) in [7, 11) is -0.783. The number of rotatable bonds is 10. The molecule has 0 unspecified atom stereocenters. The lowest BCUT2D eigenvalue weighted by Gasteiger charge is -2.37. The molecule has 3 aromatic carbocycles. The molecule has 3 N–H and O–H groups in total. The third kappa shape index (κ3) is 5.63. The van der Waals surface area contributed by atoms with Crippen molar-refractivity contribution in [1.82, 2.24) is 0 Å². The first kappa shape index (κ1) is 32.3. The van der Waals surface area contributed by atoms with E-state index in [1.54, 1.807) is 42.3 Å². The maximum Gasteiger partial charge on any atom is 0.269 e. The molecule has 5 atom stereocenters. The number of methoxy groups -OCH3 is 1. The monoisotopic (exact) mass is 633 g/mol. The van der Waals surface area contributed by atoms with Crippen LogP contribution in [0.3, 0.4) is 0 Å². The van der Waals surface area contributed by atoms with Crippen LogP contribution in [0.4, 0.5) is 17.1 Å². The molecule has 2 heterocycles. The van der Waals surface area contributed by atoms with Gasteiger partial charge in [-0.1, -0.05) is 49.5 Å². The topological polar surface area (TPSA) is 151 Å². The Hall–Kier alpha value is -4.10. The van der Waals surface area contributed by atoms with E-state index in [0.717, 1.165) is 16.5 Å². The molecule has 1 saturated heterocycles. The lowest BCUT2D eigenvalue weighted by atomic mass is 9.82. The molecule has 0 aromatic heterocycles. The van der Waals surface area contributed by atoms with Gasteiger partial charge in [0.05, 0.1) is 38.4 Å². The highest BCUT2D eigenvalue weighted by Crippen LogP contribution is 2.60. The van der Waals surface area contributed by atoms with Crippen LogP contribution in [0.25, 0.3) is 0 Å². The number of non-ortho nitro benzene ring substituents is 1. The average Bonchev–Trinajstić information content (AvgIpc) is 3.44. The molecule has 0 radical (unpaired) electrons. The molecule has 11 nitrogen and oxygen atoms in total. The average molecular weight is 634 g/mol. The van der Waals surface area contributed by atoms with Crippen molar-refractivity contribution in [2.75, 3.05) is 23.9 Å². The minimum absolute atomic E-state index is 0.106. The predicted molar refractivity (Wildman–Crippen MR) is 172 cm³/mol. The van der Waals surface area contributed by atoms with Crippen molar-refractivity contribution in [3.63, 3.8) is 0 Å². The molecule has 5 rings (SSSR count). The Morgan fingerprint density at radius 1 is 1.16 bits per heavy atom. The molecule has 45 heavy (non-hydrogen) atoms. The molecule has 0 saturated carbocycles. The predicted octanol–water partition coefficient (Wildman–Crippen LogP) is 4.07. The number of carbonyl (C=O) groups excluding carboxylic acids is 2. The Bertz CT molecular complexity index is 1590. The van der Waals surface area contributed by atoms with Crippen LogP contribution in [0.15, 0.2) is 66.7 Å². The number of carbonyl (C=O) groups is 2. The summed E-state index contributed by atoms with van der Waals surface area (Å²) in [6, 6.07) is 19.3. The van der Waals surface area contributed by atoms with Gasteiger partial charge in [0.1, 0.15) is 11.9 Å². The number of aliphatic hydroxyl groups excluding tert-OH is 2. The number of benzene rings is 3. The Labute approximate surface area is 262 Å². The van der Waals surface area contributed by atoms with Crippen LogP contribution in [0.1, 0.15) is 31.4 Å². The number of aliphatic hydroxyl groups is 2. The Kier molecular flexibility index (Phi) is 8.87. The molecule has 0 bridgehead atoms. The SMILES string of the molecule is COc1ccc([Si](C)(C)[C@H]2[C@H](CCO)O[C@@]3(C(=O)N(Cc4ccc(NC(=O)[C@H](C)O)cc4)c4ccc([N+](=O)[O-])cc43)[C@@H]2C)cc1. The van der Waals surface area contributed by atoms with Crippen molar-refractivity contribution >= 4 is 42.1 Å². The first-order chi connectivity index (χ1) is 21.3. The van der Waals surface area contributed by atoms with Gasteiger partial charge >= 0.3 is 0 Å². The molecule has 2 aliphatic rings. The number of nitrogens with zero attached hydrogens (tertiary/aromatic N) is 2. The smallest absolute Gasteiger partial charge is 0.269 e. The maximum atomic E-state index is 14.7. The lowest BCUT2D eigenvalue weighted by molar-refractivity contribution is -0.385. The fraction of sp³-hybridized carbons (Fsp3) is 0.394. The molecule has 2 aliphatic heterocycles. The number of nitro groups is 1. The van der Waals surface area contributed by atoms with Gasteiger partial charge in [0.15, 0.2) is 5.60 Å². The summed E-state index contributed by atoms with van der Waals surface area (Å²) in [5.74, 6) is -0.463. The zero-order valence-corrected chi connectivity index (χ0v) is 27.0. The van der Waals surface area contributed by atoms with Crippen molar-refractivity contribution in [3.05, 3.63) is 88.0 Å². The first-order valence-electron chi connectivity index (χ1n) is 15.0. The van der Waals surface area contributed by atoms with E-state index in [9.17, 15) is 29.9 Å². The van der Waals surface area contributed by atoms with E-state index in [4.69, 9.17) is 9.47 Å². The molecule has 3 aromatic rings. The highest BCUT2D eigenvalue weighted by Gasteiger charge is 2.66. The fourth-order valence-corrected chi connectivity index (χ4v) is 11.2. The number of amides is 2. The van der Waals surface area contributed by atoms with Gasteiger partial charge in [-0.3, -0.25) is 19.7 Å². The summed E-state index contributed by atoms with van der Waals surface area (Å²) < 4.78 is 12.2. The van der Waals surface area contributed by atoms with Crippen LogP contribution in [-0.2, 0) is 26.5 Å². The largest absolute Gasteiger partial charge is 0.497 e. The first-order valence-corrected chi connectivity index (χ1v) is 18.0. The van der Waals surface area contributed by atoms with E-state index in [1.807, 2.05) is 31.2 Å². The van der Waals surface area contributed by atoms with Gasteiger partial charge in [0.25, 0.3) is 17.5 Å². The van der Waals surface area contributed by atoms with Crippen LogP contribution in [0.2, 0.25) is 18.6 Å². The van der Waals surface area contributed by atoms with Crippen molar-refractivity contribution in [2.45, 2.75) is 63.3 Å². The third-order valence-corrected chi connectivity index (χ3v) is 13.7. The van der Waals surface area contributed by atoms with Gasteiger partial charge in [0.2, 0.25) is 0 Å². The second kappa shape index (κ2) is 12.4. The molecule has 2 amide bonds. The van der Waals surface area contributed by atoms with Gasteiger partial charge in [-0.15, -0.1) is 0 Å². The second-order valence-electron chi connectivity index (χ2n) is 12.4. The summed E-state index contributed by atoms with van der Waals surface area (Å²) in [6.45, 7) is 7.86. The quantitative estimate of drug-likeness (QED) is 0.172. The van der Waals surface area contributed by atoms with E-state index in [-0.39, 0.29) is 36.2 Å². The van der Waals surface area contributed by atoms with E-state index >= 15 is 0 Å². The zero-order chi connectivity index (χ0) is 32.7. The highest BCUT2D eigenvalue weighted by atomic mass is 28.3. The van der Waals surface area contributed by atoms with E-state index < -0.39 is 36.7 Å². The lowest BCUT2D eigenvalue weighted by Crippen LogP contribution is -2.51. The summed E-state index contributed by atoms with van der Waals surface area (Å²) >= 11 is 0. The minimum Gasteiger partial charge on any atom is -0.497 e. The molecule has 1 spiro atoms. The van der Waals surface area contributed by atoms with Crippen LogP contribution in [0, 0.1) is 16.0 Å². The Morgan fingerprint density at radius 2 is 1.82 bits per heavy atom. The highest BCUT2D eigenvalue weighted by molar-refractivity contribution is 6.91. The molecule has 0 aliphatic carbocycles.